The molecule has 2 amide bonds. The predicted molar refractivity (Wildman–Crippen MR) is 87.8 cm³/mol. The fraction of sp³-hybridized carbons (Fsp3) is 0.133. The predicted octanol–water partition coefficient (Wildman–Crippen LogP) is 2.82. The first-order valence-corrected chi connectivity index (χ1v) is 7.90. The molecule has 0 spiro atoms. The number of anilines is 1. The summed E-state index contributed by atoms with van der Waals surface area (Å²) < 4.78 is 18.6. The van der Waals surface area contributed by atoms with Crippen molar-refractivity contribution < 1.29 is 23.5 Å². The summed E-state index contributed by atoms with van der Waals surface area (Å²) in [6, 6.07) is 5.18. The maximum atomic E-state index is 13.7. The van der Waals surface area contributed by atoms with Crippen LogP contribution in [0.15, 0.2) is 29.6 Å². The van der Waals surface area contributed by atoms with E-state index in [1.54, 1.807) is 5.38 Å². The summed E-state index contributed by atoms with van der Waals surface area (Å²) in [5.74, 6) is -3.31. The van der Waals surface area contributed by atoms with Crippen LogP contribution in [0.4, 0.5) is 9.39 Å². The Bertz CT molecular complexity index is 788. The maximum absolute atomic E-state index is 13.7. The van der Waals surface area contributed by atoms with Crippen molar-refractivity contribution in [1.82, 2.24) is 0 Å². The van der Waals surface area contributed by atoms with E-state index in [2.05, 4.69) is 5.32 Å². The molecular formula is C15H12ClFN2O4S. The molecule has 9 heteroatoms. The summed E-state index contributed by atoms with van der Waals surface area (Å²) in [7, 11) is 0. The Balaban J connectivity index is 2.07. The van der Waals surface area contributed by atoms with Gasteiger partial charge in [-0.2, -0.15) is 0 Å². The number of nitrogens with one attached hydrogen (secondary N) is 1. The molecule has 2 aromatic rings. The van der Waals surface area contributed by atoms with Crippen LogP contribution in [0, 0.1) is 5.82 Å². The third-order valence-electron chi connectivity index (χ3n) is 2.99. The summed E-state index contributed by atoms with van der Waals surface area (Å²) in [6.45, 7) is 1.31. The number of halogens is 2. The Morgan fingerprint density at radius 3 is 2.67 bits per heavy atom. The van der Waals surface area contributed by atoms with Gasteiger partial charge in [0.05, 0.1) is 10.6 Å². The topological polar surface area (TPSA) is 98.5 Å². The number of primary amides is 1. The molecule has 0 fully saturated rings. The molecule has 0 aliphatic heterocycles. The van der Waals surface area contributed by atoms with Crippen molar-refractivity contribution in [2.45, 2.75) is 13.0 Å². The van der Waals surface area contributed by atoms with E-state index in [4.69, 9.17) is 22.1 Å². The summed E-state index contributed by atoms with van der Waals surface area (Å²) in [4.78, 5) is 35.2. The lowest BCUT2D eigenvalue weighted by atomic mass is 10.2. The highest BCUT2D eigenvalue weighted by Crippen LogP contribution is 2.24. The molecule has 3 N–H and O–H groups in total. The van der Waals surface area contributed by atoms with Gasteiger partial charge in [-0.3, -0.25) is 9.59 Å². The van der Waals surface area contributed by atoms with Crippen LogP contribution >= 0.6 is 22.9 Å². The molecule has 2 rings (SSSR count). The molecule has 0 unspecified atom stereocenters. The number of ether oxygens (including phenoxy) is 1. The van der Waals surface area contributed by atoms with Crippen molar-refractivity contribution in [1.29, 1.82) is 0 Å². The molecule has 1 aromatic carbocycles. The Labute approximate surface area is 145 Å². The highest BCUT2D eigenvalue weighted by molar-refractivity contribution is 7.14. The van der Waals surface area contributed by atoms with E-state index in [0.29, 0.717) is 0 Å². The highest BCUT2D eigenvalue weighted by Gasteiger charge is 2.24. The number of carbonyl (C=O) groups is 3. The normalized spacial score (nSPS) is 11.6. The van der Waals surface area contributed by atoms with Crippen LogP contribution in [-0.4, -0.2) is 23.9 Å². The number of thiophene rings is 1. The van der Waals surface area contributed by atoms with Gasteiger partial charge in [-0.05, 0) is 30.5 Å². The number of amides is 2. The second kappa shape index (κ2) is 7.41. The van der Waals surface area contributed by atoms with Crippen molar-refractivity contribution in [3.8, 4) is 0 Å². The van der Waals surface area contributed by atoms with E-state index < -0.39 is 35.3 Å². The van der Waals surface area contributed by atoms with Crippen molar-refractivity contribution in [3.05, 3.63) is 51.6 Å². The fourth-order valence-corrected chi connectivity index (χ4v) is 2.81. The lowest BCUT2D eigenvalue weighted by Crippen LogP contribution is -2.30. The molecule has 6 nitrogen and oxygen atoms in total. The first-order valence-electron chi connectivity index (χ1n) is 6.64. The van der Waals surface area contributed by atoms with Gasteiger partial charge in [0.15, 0.2) is 6.10 Å². The first kappa shape index (κ1) is 17.9. The van der Waals surface area contributed by atoms with Crippen molar-refractivity contribution in [2.75, 3.05) is 5.32 Å². The first-order chi connectivity index (χ1) is 11.3. The number of benzene rings is 1. The molecule has 1 aromatic heterocycles. The van der Waals surface area contributed by atoms with Crippen LogP contribution in [0.25, 0.3) is 0 Å². The zero-order valence-electron chi connectivity index (χ0n) is 12.3. The molecule has 0 radical (unpaired) electrons. The van der Waals surface area contributed by atoms with Crippen LogP contribution in [-0.2, 0) is 9.53 Å². The minimum atomic E-state index is -1.24. The van der Waals surface area contributed by atoms with Gasteiger partial charge in [-0.1, -0.05) is 17.7 Å². The van der Waals surface area contributed by atoms with E-state index in [0.717, 1.165) is 17.4 Å². The van der Waals surface area contributed by atoms with Crippen LogP contribution < -0.4 is 11.1 Å². The summed E-state index contributed by atoms with van der Waals surface area (Å²) >= 11 is 6.86. The molecule has 126 valence electrons. The lowest BCUT2D eigenvalue weighted by molar-refractivity contribution is -0.123. The molecular weight excluding hydrogens is 359 g/mol. The van der Waals surface area contributed by atoms with Gasteiger partial charge >= 0.3 is 5.97 Å². The van der Waals surface area contributed by atoms with Crippen molar-refractivity contribution in [3.63, 3.8) is 0 Å². The minimum Gasteiger partial charge on any atom is -0.449 e. The van der Waals surface area contributed by atoms with Gasteiger partial charge in [0.1, 0.15) is 16.4 Å². The number of hydrogen-bond donors (Lipinski definition) is 2. The third-order valence-corrected chi connectivity index (χ3v) is 4.13. The second-order valence-corrected chi connectivity index (χ2v) is 5.98. The van der Waals surface area contributed by atoms with Crippen LogP contribution in [0.3, 0.4) is 0 Å². The molecule has 0 bridgehead atoms. The molecule has 0 saturated heterocycles. The summed E-state index contributed by atoms with van der Waals surface area (Å²) in [5, 5.41) is 4.12. The zero-order chi connectivity index (χ0) is 17.9. The number of esters is 1. The van der Waals surface area contributed by atoms with E-state index in [-0.39, 0.29) is 15.6 Å². The van der Waals surface area contributed by atoms with Crippen LogP contribution in [0.2, 0.25) is 5.02 Å². The van der Waals surface area contributed by atoms with Gasteiger partial charge in [0.2, 0.25) is 0 Å². The SMILES string of the molecule is C[C@H](OC(=O)c1c(F)cccc1Cl)C(=O)Nc1sccc1C(N)=O. The Morgan fingerprint density at radius 1 is 1.33 bits per heavy atom. The monoisotopic (exact) mass is 370 g/mol. The number of nitrogens with two attached hydrogens (primary N) is 1. The molecule has 24 heavy (non-hydrogen) atoms. The number of rotatable bonds is 5. The number of carbonyl (C=O) groups excluding carboxylic acids is 3. The van der Waals surface area contributed by atoms with E-state index in [1.807, 2.05) is 0 Å². The van der Waals surface area contributed by atoms with Gasteiger partial charge < -0.3 is 15.8 Å². The largest absolute Gasteiger partial charge is 0.449 e. The molecule has 0 saturated carbocycles. The highest BCUT2D eigenvalue weighted by atomic mass is 35.5. The minimum absolute atomic E-state index is 0.123. The molecule has 0 aliphatic rings. The van der Waals surface area contributed by atoms with Crippen LogP contribution in [0.5, 0.6) is 0 Å². The molecule has 0 aliphatic carbocycles. The average molecular weight is 371 g/mol. The maximum Gasteiger partial charge on any atom is 0.343 e. The Kier molecular flexibility index (Phi) is 5.53. The lowest BCUT2D eigenvalue weighted by Gasteiger charge is -2.14. The standard InChI is InChI=1S/C15H12ClFN2O4S/c1-7(13(21)19-14-8(12(18)20)5-6-24-14)23-15(22)11-9(16)3-2-4-10(11)17/h2-7H,1H3,(H2,18,20)(H,19,21)/t7-/m0/s1. The van der Waals surface area contributed by atoms with Crippen molar-refractivity contribution >= 4 is 45.7 Å². The van der Waals surface area contributed by atoms with Gasteiger partial charge in [-0.15, -0.1) is 11.3 Å². The third kappa shape index (κ3) is 3.90. The van der Waals surface area contributed by atoms with E-state index in [1.165, 1.54) is 25.1 Å². The van der Waals surface area contributed by atoms with Gasteiger partial charge in [-0.25, -0.2) is 9.18 Å². The molecule has 1 heterocycles. The second-order valence-electron chi connectivity index (χ2n) is 4.66. The van der Waals surface area contributed by atoms with E-state index >= 15 is 0 Å². The van der Waals surface area contributed by atoms with Gasteiger partial charge in [0, 0.05) is 0 Å². The Hall–Kier alpha value is -2.45. The number of hydrogen-bond acceptors (Lipinski definition) is 5. The summed E-state index contributed by atoms with van der Waals surface area (Å²) in [5.41, 5.74) is 4.87. The fourth-order valence-electron chi connectivity index (χ4n) is 1.78. The Morgan fingerprint density at radius 2 is 2.04 bits per heavy atom. The van der Waals surface area contributed by atoms with Crippen LogP contribution in [0.1, 0.15) is 27.6 Å². The zero-order valence-corrected chi connectivity index (χ0v) is 13.9. The quantitative estimate of drug-likeness (QED) is 0.790. The van der Waals surface area contributed by atoms with Gasteiger partial charge in [0.25, 0.3) is 11.8 Å². The van der Waals surface area contributed by atoms with Crippen molar-refractivity contribution in [2.24, 2.45) is 5.73 Å². The summed E-state index contributed by atoms with van der Waals surface area (Å²) in [6.07, 6.45) is -1.24. The van der Waals surface area contributed by atoms with E-state index in [9.17, 15) is 18.8 Å². The average Bonchev–Trinajstić information content (AvgIpc) is 2.95. The molecule has 1 atom stereocenters. The smallest absolute Gasteiger partial charge is 0.343 e.